The predicted molar refractivity (Wildman–Crippen MR) is 41.7 cm³/mol. The quantitative estimate of drug-likeness (QED) is 0.538. The fraction of sp³-hybridized carbons (Fsp3) is 0.375. The highest BCUT2D eigenvalue weighted by Gasteiger charge is 2.26. The SMILES string of the molecule is CC1(O)C=CC(C(=O)O)=C(O)C1. The lowest BCUT2D eigenvalue weighted by Crippen LogP contribution is -2.25. The van der Waals surface area contributed by atoms with Crippen molar-refractivity contribution in [2.24, 2.45) is 0 Å². The van der Waals surface area contributed by atoms with Crippen LogP contribution in [0.15, 0.2) is 23.5 Å². The third-order valence-electron chi connectivity index (χ3n) is 1.68. The van der Waals surface area contributed by atoms with Crippen molar-refractivity contribution in [1.82, 2.24) is 0 Å². The zero-order chi connectivity index (χ0) is 9.35. The summed E-state index contributed by atoms with van der Waals surface area (Å²) >= 11 is 0. The molecule has 0 saturated carbocycles. The number of aliphatic hydroxyl groups is 2. The molecule has 1 atom stereocenters. The van der Waals surface area contributed by atoms with Crippen LogP contribution in [0.4, 0.5) is 0 Å². The second-order valence-electron chi connectivity index (χ2n) is 3.03. The topological polar surface area (TPSA) is 77.8 Å². The second-order valence-corrected chi connectivity index (χ2v) is 3.03. The lowest BCUT2D eigenvalue weighted by atomic mass is 9.92. The number of aliphatic hydroxyl groups excluding tert-OH is 1. The highest BCUT2D eigenvalue weighted by atomic mass is 16.4. The normalized spacial score (nSPS) is 29.2. The van der Waals surface area contributed by atoms with E-state index in [1.807, 2.05) is 0 Å². The zero-order valence-corrected chi connectivity index (χ0v) is 6.61. The fourth-order valence-electron chi connectivity index (χ4n) is 1.05. The summed E-state index contributed by atoms with van der Waals surface area (Å²) in [6.07, 6.45) is 2.52. The molecule has 0 amide bonds. The van der Waals surface area contributed by atoms with E-state index in [0.29, 0.717) is 0 Å². The maximum atomic E-state index is 10.4. The first-order valence-electron chi connectivity index (χ1n) is 3.49. The van der Waals surface area contributed by atoms with Crippen molar-refractivity contribution in [2.45, 2.75) is 18.9 Å². The Morgan fingerprint density at radius 1 is 1.67 bits per heavy atom. The molecule has 0 aliphatic heterocycles. The van der Waals surface area contributed by atoms with Crippen LogP contribution in [0.2, 0.25) is 0 Å². The Morgan fingerprint density at radius 3 is 2.67 bits per heavy atom. The molecule has 0 fully saturated rings. The van der Waals surface area contributed by atoms with E-state index in [1.54, 1.807) is 0 Å². The predicted octanol–water partition coefficient (Wildman–Crippen LogP) is 0.594. The standard InChI is InChI=1S/C8H10O4/c1-8(12)3-2-5(7(10)11)6(9)4-8/h2-3,9,12H,4H2,1H3,(H,10,11). The summed E-state index contributed by atoms with van der Waals surface area (Å²) in [5.41, 5.74) is -1.29. The van der Waals surface area contributed by atoms with Gasteiger partial charge in [0, 0.05) is 6.42 Å². The molecule has 0 aromatic heterocycles. The lowest BCUT2D eigenvalue weighted by molar-refractivity contribution is -0.132. The molecule has 3 N–H and O–H groups in total. The van der Waals surface area contributed by atoms with Gasteiger partial charge >= 0.3 is 5.97 Å². The minimum Gasteiger partial charge on any atom is -0.511 e. The van der Waals surface area contributed by atoms with Crippen LogP contribution in [0.25, 0.3) is 0 Å². The minimum absolute atomic E-state index is 0.0505. The molecule has 0 radical (unpaired) electrons. The molecule has 0 aromatic rings. The Morgan fingerprint density at radius 2 is 2.25 bits per heavy atom. The third kappa shape index (κ3) is 1.65. The second kappa shape index (κ2) is 2.64. The summed E-state index contributed by atoms with van der Waals surface area (Å²) < 4.78 is 0. The highest BCUT2D eigenvalue weighted by Crippen LogP contribution is 2.24. The van der Waals surface area contributed by atoms with E-state index in [4.69, 9.17) is 10.2 Å². The van der Waals surface area contributed by atoms with Crippen LogP contribution in [0.3, 0.4) is 0 Å². The first-order chi connectivity index (χ1) is 5.42. The van der Waals surface area contributed by atoms with Crippen LogP contribution < -0.4 is 0 Å². The van der Waals surface area contributed by atoms with E-state index in [0.717, 1.165) is 0 Å². The highest BCUT2D eigenvalue weighted by molar-refractivity contribution is 5.90. The number of aliphatic carboxylic acids is 1. The average Bonchev–Trinajstić information content (AvgIpc) is 1.83. The lowest BCUT2D eigenvalue weighted by Gasteiger charge is -2.22. The fourth-order valence-corrected chi connectivity index (χ4v) is 1.05. The smallest absolute Gasteiger partial charge is 0.339 e. The summed E-state index contributed by atoms with van der Waals surface area (Å²) in [7, 11) is 0. The maximum absolute atomic E-state index is 10.4. The number of rotatable bonds is 1. The Kier molecular flexibility index (Phi) is 1.94. The van der Waals surface area contributed by atoms with Gasteiger partial charge < -0.3 is 15.3 Å². The van der Waals surface area contributed by atoms with Gasteiger partial charge in [0.15, 0.2) is 0 Å². The molecule has 0 aromatic carbocycles. The first-order valence-corrected chi connectivity index (χ1v) is 3.49. The number of carbonyl (C=O) groups is 1. The molecule has 1 aliphatic rings. The van der Waals surface area contributed by atoms with E-state index < -0.39 is 11.6 Å². The molecule has 4 nitrogen and oxygen atoms in total. The van der Waals surface area contributed by atoms with Gasteiger partial charge in [-0.1, -0.05) is 6.08 Å². The molecule has 0 spiro atoms. The van der Waals surface area contributed by atoms with Crippen molar-refractivity contribution in [3.05, 3.63) is 23.5 Å². The van der Waals surface area contributed by atoms with Gasteiger partial charge in [0.1, 0.15) is 5.76 Å². The van der Waals surface area contributed by atoms with Crippen LogP contribution in [-0.2, 0) is 4.79 Å². The molecular weight excluding hydrogens is 160 g/mol. The molecule has 0 heterocycles. The van der Waals surface area contributed by atoms with Gasteiger partial charge in [-0.2, -0.15) is 0 Å². The van der Waals surface area contributed by atoms with Crippen molar-refractivity contribution in [3.8, 4) is 0 Å². The monoisotopic (exact) mass is 170 g/mol. The van der Waals surface area contributed by atoms with Crippen LogP contribution >= 0.6 is 0 Å². The summed E-state index contributed by atoms with van der Waals surface area (Å²) in [4.78, 5) is 10.4. The molecule has 12 heavy (non-hydrogen) atoms. The summed E-state index contributed by atoms with van der Waals surface area (Å²) in [6, 6.07) is 0. The van der Waals surface area contributed by atoms with Crippen LogP contribution in [-0.4, -0.2) is 26.9 Å². The molecular formula is C8H10O4. The average molecular weight is 170 g/mol. The largest absolute Gasteiger partial charge is 0.511 e. The Balaban J connectivity index is 2.95. The molecule has 1 aliphatic carbocycles. The van der Waals surface area contributed by atoms with Crippen molar-refractivity contribution >= 4 is 5.97 Å². The zero-order valence-electron chi connectivity index (χ0n) is 6.61. The van der Waals surface area contributed by atoms with Gasteiger partial charge in [-0.05, 0) is 13.0 Å². The molecule has 0 saturated heterocycles. The molecule has 1 unspecified atom stereocenters. The van der Waals surface area contributed by atoms with Gasteiger partial charge in [0.05, 0.1) is 11.2 Å². The van der Waals surface area contributed by atoms with E-state index in [9.17, 15) is 9.90 Å². The number of hydrogen-bond donors (Lipinski definition) is 3. The van der Waals surface area contributed by atoms with Gasteiger partial charge in [0.25, 0.3) is 0 Å². The van der Waals surface area contributed by atoms with Gasteiger partial charge in [-0.15, -0.1) is 0 Å². The molecule has 66 valence electrons. The third-order valence-corrected chi connectivity index (χ3v) is 1.68. The van der Waals surface area contributed by atoms with Crippen molar-refractivity contribution in [1.29, 1.82) is 0 Å². The number of carboxylic acid groups (broad SMARTS) is 1. The number of carboxylic acids is 1. The van der Waals surface area contributed by atoms with Crippen LogP contribution in [0.5, 0.6) is 0 Å². The van der Waals surface area contributed by atoms with E-state index in [1.165, 1.54) is 19.1 Å². The van der Waals surface area contributed by atoms with Crippen molar-refractivity contribution in [3.63, 3.8) is 0 Å². The maximum Gasteiger partial charge on any atom is 0.339 e. The van der Waals surface area contributed by atoms with Crippen LogP contribution in [0, 0.1) is 0 Å². The molecule has 1 rings (SSSR count). The molecule has 0 bridgehead atoms. The summed E-state index contributed by atoms with van der Waals surface area (Å²) in [5.74, 6) is -1.46. The Hall–Kier alpha value is -1.29. The summed E-state index contributed by atoms with van der Waals surface area (Å²) in [6.45, 7) is 1.50. The van der Waals surface area contributed by atoms with Crippen LogP contribution in [0.1, 0.15) is 13.3 Å². The van der Waals surface area contributed by atoms with Crippen molar-refractivity contribution < 1.29 is 20.1 Å². The van der Waals surface area contributed by atoms with E-state index in [2.05, 4.69) is 0 Å². The van der Waals surface area contributed by atoms with E-state index >= 15 is 0 Å². The molecule has 4 heteroatoms. The van der Waals surface area contributed by atoms with E-state index in [-0.39, 0.29) is 17.8 Å². The van der Waals surface area contributed by atoms with Gasteiger partial charge in [-0.25, -0.2) is 4.79 Å². The minimum atomic E-state index is -1.18. The Bertz CT molecular complexity index is 273. The number of hydrogen-bond acceptors (Lipinski definition) is 3. The van der Waals surface area contributed by atoms with Gasteiger partial charge in [0.2, 0.25) is 0 Å². The first kappa shape index (κ1) is 8.80. The van der Waals surface area contributed by atoms with Crippen molar-refractivity contribution in [2.75, 3.05) is 0 Å². The van der Waals surface area contributed by atoms with Gasteiger partial charge in [-0.3, -0.25) is 0 Å². The summed E-state index contributed by atoms with van der Waals surface area (Å²) in [5, 5.41) is 27.1. The Labute approximate surface area is 69.5 Å².